The second-order valence-electron chi connectivity index (χ2n) is 6.04. The molecule has 4 rings (SSSR count). The van der Waals surface area contributed by atoms with Gasteiger partial charge in [0, 0.05) is 15.8 Å². The number of rotatable bonds is 4. The lowest BCUT2D eigenvalue weighted by Gasteiger charge is -2.11. The molecule has 0 bridgehead atoms. The Labute approximate surface area is 156 Å². The zero-order chi connectivity index (χ0) is 18.3. The van der Waals surface area contributed by atoms with Gasteiger partial charge in [0.2, 0.25) is 0 Å². The lowest BCUT2D eigenvalue weighted by atomic mass is 10.1. The van der Waals surface area contributed by atoms with Crippen LogP contribution in [0.4, 0.5) is 0 Å². The van der Waals surface area contributed by atoms with Gasteiger partial charge in [0.15, 0.2) is 0 Å². The molecule has 2 aromatic heterocycles. The summed E-state index contributed by atoms with van der Waals surface area (Å²) in [5.41, 5.74) is 3.17. The van der Waals surface area contributed by atoms with E-state index in [1.165, 1.54) is 3.97 Å². The number of thiophene rings is 1. The zero-order valence-electron chi connectivity index (χ0n) is 14.2. The first-order chi connectivity index (χ1) is 12.5. The monoisotopic (exact) mass is 379 g/mol. The maximum Gasteiger partial charge on any atom is 0.268 e. The fraction of sp³-hybridized carbons (Fsp3) is 0.0476. The van der Waals surface area contributed by atoms with E-state index in [4.69, 9.17) is 0 Å². The first kappa shape index (κ1) is 16.8. The average Bonchev–Trinajstić information content (AvgIpc) is 3.27. The summed E-state index contributed by atoms with van der Waals surface area (Å²) in [7, 11) is -3.75. The Kier molecular flexibility index (Phi) is 4.05. The second-order valence-corrected chi connectivity index (χ2v) is 8.78. The van der Waals surface area contributed by atoms with Gasteiger partial charge < -0.3 is 0 Å². The van der Waals surface area contributed by atoms with Crippen LogP contribution in [0, 0.1) is 6.92 Å². The van der Waals surface area contributed by atoms with Crippen molar-refractivity contribution in [3.8, 4) is 10.4 Å². The average molecular weight is 380 g/mol. The molecule has 4 aromatic rings. The van der Waals surface area contributed by atoms with Crippen molar-refractivity contribution in [2.24, 2.45) is 0 Å². The number of para-hydroxylation sites is 1. The quantitative estimate of drug-likeness (QED) is 0.466. The summed E-state index contributed by atoms with van der Waals surface area (Å²) in [5, 5.41) is 2.89. The van der Waals surface area contributed by atoms with Crippen molar-refractivity contribution in [3.05, 3.63) is 83.9 Å². The number of benzene rings is 2. The van der Waals surface area contributed by atoms with E-state index >= 15 is 0 Å². The van der Waals surface area contributed by atoms with Gasteiger partial charge in [-0.3, -0.25) is 0 Å². The molecule has 2 heterocycles. The summed E-state index contributed by atoms with van der Waals surface area (Å²) in [6.45, 7) is 5.83. The van der Waals surface area contributed by atoms with E-state index in [0.717, 1.165) is 21.4 Å². The van der Waals surface area contributed by atoms with Crippen molar-refractivity contribution in [2.75, 3.05) is 0 Å². The molecule has 0 saturated carbocycles. The van der Waals surface area contributed by atoms with Crippen LogP contribution in [0.5, 0.6) is 0 Å². The predicted molar refractivity (Wildman–Crippen MR) is 109 cm³/mol. The minimum absolute atomic E-state index is 0.268. The van der Waals surface area contributed by atoms with Crippen LogP contribution in [-0.4, -0.2) is 12.4 Å². The lowest BCUT2D eigenvalue weighted by molar-refractivity contribution is 0.589. The molecule has 0 aliphatic heterocycles. The molecule has 0 fully saturated rings. The minimum atomic E-state index is -3.75. The molecule has 0 spiro atoms. The van der Waals surface area contributed by atoms with Crippen LogP contribution in [0.3, 0.4) is 0 Å². The number of aryl methyl sites for hydroxylation is 1. The van der Waals surface area contributed by atoms with E-state index in [-0.39, 0.29) is 4.90 Å². The van der Waals surface area contributed by atoms with Crippen molar-refractivity contribution in [3.63, 3.8) is 0 Å². The van der Waals surface area contributed by atoms with Crippen molar-refractivity contribution in [1.82, 2.24) is 3.97 Å². The Morgan fingerprint density at radius 3 is 2.38 bits per heavy atom. The maximum atomic E-state index is 13.4. The first-order valence-corrected chi connectivity index (χ1v) is 10.5. The molecule has 0 radical (unpaired) electrons. The van der Waals surface area contributed by atoms with Crippen molar-refractivity contribution in [1.29, 1.82) is 0 Å². The molecule has 0 saturated heterocycles. The fourth-order valence-corrected chi connectivity index (χ4v) is 5.50. The predicted octanol–water partition coefficient (Wildman–Crippen LogP) is 5.56. The topological polar surface area (TPSA) is 39.1 Å². The van der Waals surface area contributed by atoms with Crippen molar-refractivity contribution in [2.45, 2.75) is 11.8 Å². The lowest BCUT2D eigenvalue weighted by Crippen LogP contribution is -2.14. The highest BCUT2D eigenvalue weighted by molar-refractivity contribution is 7.90. The van der Waals surface area contributed by atoms with E-state index in [0.29, 0.717) is 11.2 Å². The zero-order valence-corrected chi connectivity index (χ0v) is 15.8. The largest absolute Gasteiger partial charge is 0.268 e. The third-order valence-corrected chi connectivity index (χ3v) is 7.02. The number of hydrogen-bond donors (Lipinski definition) is 0. The van der Waals surface area contributed by atoms with Crippen LogP contribution in [0.25, 0.3) is 27.4 Å². The van der Waals surface area contributed by atoms with Crippen LogP contribution in [0.2, 0.25) is 0 Å². The molecule has 3 nitrogen and oxygen atoms in total. The normalized spacial score (nSPS) is 11.7. The van der Waals surface area contributed by atoms with Crippen LogP contribution in [0.15, 0.2) is 77.5 Å². The molecule has 2 aromatic carbocycles. The van der Waals surface area contributed by atoms with Crippen LogP contribution >= 0.6 is 11.3 Å². The van der Waals surface area contributed by atoms with Gasteiger partial charge in [0.05, 0.1) is 16.1 Å². The molecule has 0 aliphatic carbocycles. The van der Waals surface area contributed by atoms with Gasteiger partial charge in [-0.05, 0) is 42.6 Å². The van der Waals surface area contributed by atoms with E-state index in [1.807, 2.05) is 60.8 Å². The highest BCUT2D eigenvalue weighted by atomic mass is 32.2. The molecular formula is C21H17NO2S2. The summed E-state index contributed by atoms with van der Waals surface area (Å²) in [6, 6.07) is 18.5. The summed E-state index contributed by atoms with van der Waals surface area (Å²) in [4.78, 5) is 1.29. The summed E-state index contributed by atoms with van der Waals surface area (Å²) < 4.78 is 28.3. The Morgan fingerprint density at radius 1 is 1.00 bits per heavy atom. The molecule has 0 N–H and O–H groups in total. The molecule has 26 heavy (non-hydrogen) atoms. The second kappa shape index (κ2) is 6.27. The van der Waals surface area contributed by atoms with E-state index in [1.54, 1.807) is 29.5 Å². The first-order valence-electron chi connectivity index (χ1n) is 8.16. The molecule has 0 atom stereocenters. The van der Waals surface area contributed by atoms with Gasteiger partial charge >= 0.3 is 0 Å². The Hall–Kier alpha value is -2.63. The molecule has 0 unspecified atom stereocenters. The fourth-order valence-electron chi connectivity index (χ4n) is 3.17. The van der Waals surface area contributed by atoms with Gasteiger partial charge in [-0.1, -0.05) is 48.5 Å². The van der Waals surface area contributed by atoms with Gasteiger partial charge in [0.1, 0.15) is 0 Å². The minimum Gasteiger partial charge on any atom is -0.233 e. The van der Waals surface area contributed by atoms with Crippen LogP contribution in [-0.2, 0) is 10.0 Å². The smallest absolute Gasteiger partial charge is 0.233 e. The Morgan fingerprint density at radius 2 is 1.73 bits per heavy atom. The van der Waals surface area contributed by atoms with E-state index in [2.05, 4.69) is 6.58 Å². The number of aromatic nitrogens is 1. The highest BCUT2D eigenvalue weighted by Crippen LogP contribution is 2.39. The molecule has 5 heteroatoms. The van der Waals surface area contributed by atoms with Crippen molar-refractivity contribution < 1.29 is 8.42 Å². The third kappa shape index (κ3) is 2.52. The molecule has 130 valence electrons. The molecule has 0 amide bonds. The Balaban J connectivity index is 2.11. The van der Waals surface area contributed by atoms with Crippen molar-refractivity contribution >= 4 is 38.3 Å². The summed E-state index contributed by atoms with van der Waals surface area (Å²) >= 11 is 1.59. The standard InChI is InChI=1S/C21H17NO2S2/c1-3-18-21(20-9-6-14-25-20)17-7-4-5-8-19(17)22(18)26(23,24)16-12-10-15(2)11-13-16/h3-14H,1H2,2H3. The number of hydrogen-bond acceptors (Lipinski definition) is 3. The molecule has 0 aliphatic rings. The number of nitrogens with zero attached hydrogens (tertiary/aromatic N) is 1. The van der Waals surface area contributed by atoms with Gasteiger partial charge in [-0.15, -0.1) is 11.3 Å². The summed E-state index contributed by atoms with van der Waals surface area (Å²) in [5.74, 6) is 0. The van der Waals surface area contributed by atoms with Gasteiger partial charge in [-0.25, -0.2) is 12.4 Å². The molecular weight excluding hydrogens is 362 g/mol. The third-order valence-electron chi connectivity index (χ3n) is 4.39. The van der Waals surface area contributed by atoms with Crippen LogP contribution in [0.1, 0.15) is 11.3 Å². The SMILES string of the molecule is C=Cc1c(-c2cccs2)c2ccccc2n1S(=O)(=O)c1ccc(C)cc1. The number of fused-ring (bicyclic) bond motifs is 1. The van der Waals surface area contributed by atoms with E-state index < -0.39 is 10.0 Å². The van der Waals surface area contributed by atoms with Gasteiger partial charge in [-0.2, -0.15) is 0 Å². The van der Waals surface area contributed by atoms with E-state index in [9.17, 15) is 8.42 Å². The van der Waals surface area contributed by atoms with Gasteiger partial charge in [0.25, 0.3) is 10.0 Å². The highest BCUT2D eigenvalue weighted by Gasteiger charge is 2.26. The van der Waals surface area contributed by atoms with Crippen LogP contribution < -0.4 is 0 Å². The maximum absolute atomic E-state index is 13.4. The Bertz CT molecular complexity index is 1200. The summed E-state index contributed by atoms with van der Waals surface area (Å²) in [6.07, 6.45) is 1.63.